The molecule has 62 heavy (non-hydrogen) atoms. The van der Waals surface area contributed by atoms with Crippen molar-refractivity contribution in [3.8, 4) is 78.4 Å². The Labute approximate surface area is 358 Å². The molecule has 0 N–H and O–H groups in total. The zero-order chi connectivity index (χ0) is 41.0. The van der Waals surface area contributed by atoms with Gasteiger partial charge in [0.1, 0.15) is 22.3 Å². The number of benzene rings is 9. The SMILES string of the molecule is c1ccc(-c2cc(-c3ccccc3)cc(-c3cc(-c4ccccc4)nc(-c4ccc(-c5ccc(-c6ccc7c(c6)oc6ccccc67)c6c5oc5ccccc56)cc4)n3)c2)cc1. The molecule has 0 saturated carbocycles. The molecule has 0 amide bonds. The van der Waals surface area contributed by atoms with Gasteiger partial charge < -0.3 is 8.83 Å². The van der Waals surface area contributed by atoms with Crippen LogP contribution in [0.5, 0.6) is 0 Å². The molecule has 0 bridgehead atoms. The molecular formula is C58H36N2O2. The van der Waals surface area contributed by atoms with E-state index in [1.807, 2.05) is 30.3 Å². The zero-order valence-corrected chi connectivity index (χ0v) is 33.5. The lowest BCUT2D eigenvalue weighted by atomic mass is 9.94. The van der Waals surface area contributed by atoms with E-state index in [-0.39, 0.29) is 0 Å². The van der Waals surface area contributed by atoms with Crippen molar-refractivity contribution >= 4 is 43.9 Å². The van der Waals surface area contributed by atoms with Crippen LogP contribution >= 0.6 is 0 Å². The summed E-state index contributed by atoms with van der Waals surface area (Å²) in [6, 6.07) is 76.2. The minimum absolute atomic E-state index is 0.657. The van der Waals surface area contributed by atoms with Crippen LogP contribution in [0.15, 0.2) is 227 Å². The second kappa shape index (κ2) is 14.7. The third-order valence-electron chi connectivity index (χ3n) is 11.9. The van der Waals surface area contributed by atoms with Crippen molar-refractivity contribution in [2.24, 2.45) is 0 Å². The molecule has 3 aromatic heterocycles. The maximum absolute atomic E-state index is 6.71. The number of hydrogen-bond acceptors (Lipinski definition) is 4. The highest BCUT2D eigenvalue weighted by molar-refractivity contribution is 6.17. The summed E-state index contributed by atoms with van der Waals surface area (Å²) in [7, 11) is 0. The topological polar surface area (TPSA) is 52.1 Å². The number of furan rings is 2. The second-order valence-corrected chi connectivity index (χ2v) is 15.7. The number of nitrogens with zero attached hydrogens (tertiary/aromatic N) is 2. The Morgan fingerprint density at radius 2 is 0.774 bits per heavy atom. The van der Waals surface area contributed by atoms with Gasteiger partial charge in [-0.15, -0.1) is 0 Å². The van der Waals surface area contributed by atoms with Crippen LogP contribution in [0.4, 0.5) is 0 Å². The van der Waals surface area contributed by atoms with Crippen LogP contribution in [0.25, 0.3) is 122 Å². The van der Waals surface area contributed by atoms with Gasteiger partial charge in [-0.1, -0.05) is 164 Å². The van der Waals surface area contributed by atoms with E-state index in [4.69, 9.17) is 18.8 Å². The number of para-hydroxylation sites is 2. The van der Waals surface area contributed by atoms with E-state index in [9.17, 15) is 0 Å². The molecular weight excluding hydrogens is 757 g/mol. The van der Waals surface area contributed by atoms with Gasteiger partial charge in [-0.25, -0.2) is 9.97 Å². The molecule has 0 saturated heterocycles. The molecule has 9 aromatic carbocycles. The highest BCUT2D eigenvalue weighted by Crippen LogP contribution is 2.43. The average molecular weight is 793 g/mol. The van der Waals surface area contributed by atoms with Crippen molar-refractivity contribution < 1.29 is 8.83 Å². The summed E-state index contributed by atoms with van der Waals surface area (Å²) in [6.07, 6.45) is 0. The first-order valence-electron chi connectivity index (χ1n) is 20.9. The van der Waals surface area contributed by atoms with Crippen LogP contribution in [0.2, 0.25) is 0 Å². The predicted octanol–water partition coefficient (Wildman–Crippen LogP) is 15.9. The maximum atomic E-state index is 6.71. The highest BCUT2D eigenvalue weighted by Gasteiger charge is 2.19. The fourth-order valence-corrected chi connectivity index (χ4v) is 8.84. The van der Waals surface area contributed by atoms with E-state index in [0.717, 1.165) is 116 Å². The summed E-state index contributed by atoms with van der Waals surface area (Å²) >= 11 is 0. The first-order chi connectivity index (χ1) is 30.7. The van der Waals surface area contributed by atoms with Gasteiger partial charge in [0.2, 0.25) is 0 Å². The average Bonchev–Trinajstić information content (AvgIpc) is 3.93. The third-order valence-corrected chi connectivity index (χ3v) is 11.9. The van der Waals surface area contributed by atoms with Gasteiger partial charge in [-0.3, -0.25) is 0 Å². The summed E-state index contributed by atoms with van der Waals surface area (Å²) in [5, 5.41) is 4.38. The lowest BCUT2D eigenvalue weighted by Crippen LogP contribution is -1.96. The van der Waals surface area contributed by atoms with Crippen molar-refractivity contribution in [3.63, 3.8) is 0 Å². The lowest BCUT2D eigenvalue weighted by Gasteiger charge is -2.13. The Bertz CT molecular complexity index is 3550. The minimum atomic E-state index is 0.657. The van der Waals surface area contributed by atoms with Crippen LogP contribution in [-0.2, 0) is 0 Å². The summed E-state index contributed by atoms with van der Waals surface area (Å²) in [5.41, 5.74) is 16.9. The Morgan fingerprint density at radius 3 is 1.45 bits per heavy atom. The Hall–Kier alpha value is -8.34. The molecule has 0 spiro atoms. The van der Waals surface area contributed by atoms with Crippen molar-refractivity contribution in [1.29, 1.82) is 0 Å². The first kappa shape index (κ1) is 35.6. The molecule has 3 heterocycles. The van der Waals surface area contributed by atoms with Gasteiger partial charge in [0.25, 0.3) is 0 Å². The fourth-order valence-electron chi connectivity index (χ4n) is 8.84. The molecule has 0 aliphatic heterocycles. The molecule has 4 nitrogen and oxygen atoms in total. The summed E-state index contributed by atoms with van der Waals surface area (Å²) in [4.78, 5) is 10.5. The van der Waals surface area contributed by atoms with Crippen molar-refractivity contribution in [2.75, 3.05) is 0 Å². The standard InChI is InChI=1S/C58H36N2O2/c1-4-14-37(15-5-1)43-32-44(38-16-6-2-7-17-38)34-45(33-43)52-36-51(40-18-8-3-9-19-40)59-58(60-52)41-26-24-39(25-27-41)47-31-30-46(56-50-21-11-13-23-54(50)62-57(47)56)42-28-29-49-48-20-10-12-22-53(48)61-55(49)35-42/h1-36H. The van der Waals surface area contributed by atoms with Crippen LogP contribution in [0.3, 0.4) is 0 Å². The Morgan fingerprint density at radius 1 is 0.274 bits per heavy atom. The second-order valence-electron chi connectivity index (χ2n) is 15.7. The maximum Gasteiger partial charge on any atom is 0.160 e. The largest absolute Gasteiger partial charge is 0.456 e. The predicted molar refractivity (Wildman–Crippen MR) is 255 cm³/mol. The lowest BCUT2D eigenvalue weighted by molar-refractivity contribution is 0.668. The number of fused-ring (bicyclic) bond motifs is 6. The number of hydrogen-bond donors (Lipinski definition) is 0. The van der Waals surface area contributed by atoms with E-state index in [1.54, 1.807) is 0 Å². The molecule has 12 rings (SSSR count). The Balaban J connectivity index is 0.976. The van der Waals surface area contributed by atoms with E-state index in [2.05, 4.69) is 188 Å². The summed E-state index contributed by atoms with van der Waals surface area (Å²) < 4.78 is 13.0. The smallest absolute Gasteiger partial charge is 0.160 e. The monoisotopic (exact) mass is 792 g/mol. The fraction of sp³-hybridized carbons (Fsp3) is 0. The molecule has 0 unspecified atom stereocenters. The molecule has 12 aromatic rings. The van der Waals surface area contributed by atoms with Crippen LogP contribution in [0, 0.1) is 0 Å². The van der Waals surface area contributed by atoms with Gasteiger partial charge in [0.05, 0.1) is 11.4 Å². The highest BCUT2D eigenvalue weighted by atomic mass is 16.3. The van der Waals surface area contributed by atoms with Crippen molar-refractivity contribution in [3.05, 3.63) is 218 Å². The normalized spacial score (nSPS) is 11.5. The number of rotatable bonds is 7. The van der Waals surface area contributed by atoms with Crippen molar-refractivity contribution in [1.82, 2.24) is 9.97 Å². The summed E-state index contributed by atoms with van der Waals surface area (Å²) in [5.74, 6) is 0.657. The molecule has 4 heteroatoms. The van der Waals surface area contributed by atoms with Gasteiger partial charge in [-0.2, -0.15) is 0 Å². The molecule has 290 valence electrons. The van der Waals surface area contributed by atoms with Gasteiger partial charge in [0, 0.05) is 43.8 Å². The first-order valence-corrected chi connectivity index (χ1v) is 20.9. The minimum Gasteiger partial charge on any atom is -0.456 e. The molecule has 0 fully saturated rings. The molecule has 0 aliphatic rings. The van der Waals surface area contributed by atoms with E-state index in [0.29, 0.717) is 5.82 Å². The van der Waals surface area contributed by atoms with Gasteiger partial charge in [0.15, 0.2) is 5.82 Å². The van der Waals surface area contributed by atoms with Crippen LogP contribution in [0.1, 0.15) is 0 Å². The molecule has 0 aliphatic carbocycles. The zero-order valence-electron chi connectivity index (χ0n) is 33.5. The number of aromatic nitrogens is 2. The molecule has 0 radical (unpaired) electrons. The van der Waals surface area contributed by atoms with E-state index in [1.165, 1.54) is 0 Å². The Kier molecular flexibility index (Phi) is 8.46. The third kappa shape index (κ3) is 6.25. The van der Waals surface area contributed by atoms with Gasteiger partial charge >= 0.3 is 0 Å². The van der Waals surface area contributed by atoms with Crippen LogP contribution < -0.4 is 0 Å². The van der Waals surface area contributed by atoms with E-state index < -0.39 is 0 Å². The summed E-state index contributed by atoms with van der Waals surface area (Å²) in [6.45, 7) is 0. The van der Waals surface area contributed by atoms with Gasteiger partial charge in [-0.05, 0) is 93.5 Å². The van der Waals surface area contributed by atoms with E-state index >= 15 is 0 Å². The van der Waals surface area contributed by atoms with Crippen molar-refractivity contribution in [2.45, 2.75) is 0 Å². The molecule has 0 atom stereocenters. The quantitative estimate of drug-likeness (QED) is 0.161. The van der Waals surface area contributed by atoms with Crippen LogP contribution in [-0.4, -0.2) is 9.97 Å².